The van der Waals surface area contributed by atoms with E-state index in [2.05, 4.69) is 31.1 Å². The highest BCUT2D eigenvalue weighted by Gasteiger charge is 2.11. The van der Waals surface area contributed by atoms with Gasteiger partial charge >= 0.3 is 0 Å². The van der Waals surface area contributed by atoms with Crippen molar-refractivity contribution in [3.63, 3.8) is 0 Å². The van der Waals surface area contributed by atoms with Gasteiger partial charge in [0, 0.05) is 0 Å². The van der Waals surface area contributed by atoms with Gasteiger partial charge in [-0.2, -0.15) is 0 Å². The van der Waals surface area contributed by atoms with Crippen molar-refractivity contribution in [1.29, 1.82) is 0 Å². The van der Waals surface area contributed by atoms with E-state index in [1.807, 2.05) is 0 Å². The van der Waals surface area contributed by atoms with Gasteiger partial charge in [-0.05, 0) is 42.4 Å². The second-order valence-electron chi connectivity index (χ2n) is 2.98. The van der Waals surface area contributed by atoms with E-state index < -0.39 is 0 Å². The Kier molecular flexibility index (Phi) is 4.86. The van der Waals surface area contributed by atoms with Crippen LogP contribution in [0.25, 0.3) is 0 Å². The van der Waals surface area contributed by atoms with Gasteiger partial charge in [0.2, 0.25) is 10.3 Å². The van der Waals surface area contributed by atoms with E-state index >= 15 is 0 Å². The van der Waals surface area contributed by atoms with Gasteiger partial charge in [-0.15, -0.1) is 10.2 Å². The number of nitrogens with zero attached hydrogens (tertiary/aromatic N) is 8. The topological polar surface area (TPSA) is 128 Å². The summed E-state index contributed by atoms with van der Waals surface area (Å²) in [4.78, 5) is 0. The van der Waals surface area contributed by atoms with Crippen LogP contribution < -0.4 is 0 Å². The van der Waals surface area contributed by atoms with Crippen molar-refractivity contribution < 1.29 is 10.2 Å². The highest BCUT2D eigenvalue weighted by Crippen LogP contribution is 2.33. The third-order valence-electron chi connectivity index (χ3n) is 1.81. The average Bonchev–Trinajstić information content (AvgIpc) is 2.97. The minimum Gasteiger partial charge on any atom is -0.394 e. The second-order valence-corrected chi connectivity index (χ2v) is 5.05. The molecular weight excluding hydrogens is 280 g/mol. The van der Waals surface area contributed by atoms with Crippen molar-refractivity contribution in [3.05, 3.63) is 0 Å². The van der Waals surface area contributed by atoms with Crippen LogP contribution >= 0.6 is 21.6 Å². The zero-order valence-electron chi connectivity index (χ0n) is 9.12. The SMILES string of the molecule is OCCn1nnnc1SSc1nnnn1CCO. The molecule has 98 valence electrons. The molecule has 18 heavy (non-hydrogen) atoms. The fourth-order valence-corrected chi connectivity index (χ4v) is 2.94. The van der Waals surface area contributed by atoms with E-state index in [-0.39, 0.29) is 13.2 Å². The van der Waals surface area contributed by atoms with Gasteiger partial charge in [0.25, 0.3) is 0 Å². The van der Waals surface area contributed by atoms with Crippen molar-refractivity contribution in [2.24, 2.45) is 0 Å². The van der Waals surface area contributed by atoms with Gasteiger partial charge in [-0.1, -0.05) is 0 Å². The van der Waals surface area contributed by atoms with E-state index in [0.717, 1.165) is 0 Å². The molecule has 2 aromatic heterocycles. The first-order valence-electron chi connectivity index (χ1n) is 4.93. The van der Waals surface area contributed by atoms with E-state index in [1.165, 1.54) is 31.0 Å². The summed E-state index contributed by atoms with van der Waals surface area (Å²) in [5.41, 5.74) is 0. The number of hydrogen-bond donors (Lipinski definition) is 2. The Morgan fingerprint density at radius 3 is 1.67 bits per heavy atom. The Morgan fingerprint density at radius 2 is 1.28 bits per heavy atom. The highest BCUT2D eigenvalue weighted by atomic mass is 33.1. The molecule has 2 aromatic rings. The highest BCUT2D eigenvalue weighted by molar-refractivity contribution is 8.76. The second kappa shape index (κ2) is 6.63. The molecule has 0 aromatic carbocycles. The van der Waals surface area contributed by atoms with Crippen LogP contribution in [0.4, 0.5) is 0 Å². The quantitative estimate of drug-likeness (QED) is 0.578. The summed E-state index contributed by atoms with van der Waals surface area (Å²) in [5, 5.41) is 40.9. The van der Waals surface area contributed by atoms with Crippen molar-refractivity contribution in [3.8, 4) is 0 Å². The number of tetrazole rings is 2. The fraction of sp³-hybridized carbons (Fsp3) is 0.667. The molecular formula is C6H10N8O2S2. The molecule has 0 aliphatic rings. The molecule has 0 amide bonds. The molecule has 0 fully saturated rings. The monoisotopic (exact) mass is 290 g/mol. The van der Waals surface area contributed by atoms with Gasteiger partial charge in [-0.25, -0.2) is 9.36 Å². The van der Waals surface area contributed by atoms with Gasteiger partial charge in [0.1, 0.15) is 0 Å². The van der Waals surface area contributed by atoms with E-state index in [4.69, 9.17) is 10.2 Å². The van der Waals surface area contributed by atoms with Crippen LogP contribution in [0.2, 0.25) is 0 Å². The smallest absolute Gasteiger partial charge is 0.220 e. The third kappa shape index (κ3) is 3.16. The number of aliphatic hydroxyl groups excluding tert-OH is 2. The van der Waals surface area contributed by atoms with Crippen LogP contribution in [0.5, 0.6) is 0 Å². The predicted molar refractivity (Wildman–Crippen MR) is 61.5 cm³/mol. The molecule has 0 aliphatic heterocycles. The van der Waals surface area contributed by atoms with Crippen LogP contribution in [0.1, 0.15) is 0 Å². The Labute approximate surface area is 109 Å². The van der Waals surface area contributed by atoms with Crippen molar-refractivity contribution in [2.75, 3.05) is 13.2 Å². The molecule has 0 spiro atoms. The van der Waals surface area contributed by atoms with Gasteiger partial charge in [0.05, 0.1) is 26.3 Å². The lowest BCUT2D eigenvalue weighted by Gasteiger charge is -2.01. The number of aliphatic hydroxyl groups is 2. The van der Waals surface area contributed by atoms with Crippen LogP contribution in [-0.2, 0) is 13.1 Å². The van der Waals surface area contributed by atoms with E-state index in [0.29, 0.717) is 23.4 Å². The van der Waals surface area contributed by atoms with Crippen LogP contribution in [0.15, 0.2) is 10.3 Å². The summed E-state index contributed by atoms with van der Waals surface area (Å²) in [6.07, 6.45) is 0. The lowest BCUT2D eigenvalue weighted by Crippen LogP contribution is -2.06. The number of hydrogen-bond acceptors (Lipinski definition) is 10. The zero-order valence-corrected chi connectivity index (χ0v) is 10.8. The average molecular weight is 290 g/mol. The lowest BCUT2D eigenvalue weighted by atomic mass is 10.7. The summed E-state index contributed by atoms with van der Waals surface area (Å²) >= 11 is 0. The molecule has 2 N–H and O–H groups in total. The third-order valence-corrected chi connectivity index (χ3v) is 3.92. The lowest BCUT2D eigenvalue weighted by molar-refractivity contribution is 0.262. The maximum absolute atomic E-state index is 8.83. The molecule has 0 saturated heterocycles. The molecule has 0 saturated carbocycles. The summed E-state index contributed by atoms with van der Waals surface area (Å²) in [7, 11) is 2.56. The molecule has 10 nitrogen and oxygen atoms in total. The summed E-state index contributed by atoms with van der Waals surface area (Å²) < 4.78 is 2.97. The molecule has 12 heteroatoms. The molecule has 2 heterocycles. The minimum absolute atomic E-state index is 0.0362. The Balaban J connectivity index is 1.98. The molecule has 0 atom stereocenters. The molecule has 0 unspecified atom stereocenters. The molecule has 0 aliphatic carbocycles. The summed E-state index contributed by atoms with van der Waals surface area (Å²) in [5.74, 6) is 0. The minimum atomic E-state index is -0.0362. The van der Waals surface area contributed by atoms with Crippen LogP contribution in [0, 0.1) is 0 Å². The standard InChI is InChI=1S/C6H10N8O2S2/c15-3-1-13-5(7-9-11-13)17-18-6-8-10-12-14(6)2-4-16/h15-16H,1-4H2. The van der Waals surface area contributed by atoms with Crippen LogP contribution in [0.3, 0.4) is 0 Å². The predicted octanol–water partition coefficient (Wildman–Crippen LogP) is -1.56. The summed E-state index contributed by atoms with van der Waals surface area (Å²) in [6, 6.07) is 0. The molecule has 0 bridgehead atoms. The van der Waals surface area contributed by atoms with Crippen molar-refractivity contribution >= 4 is 21.6 Å². The first-order chi connectivity index (χ1) is 8.85. The number of rotatable bonds is 7. The number of aromatic nitrogens is 8. The fourth-order valence-electron chi connectivity index (χ4n) is 1.06. The Bertz CT molecular complexity index is 443. The largest absolute Gasteiger partial charge is 0.394 e. The van der Waals surface area contributed by atoms with Gasteiger partial charge < -0.3 is 10.2 Å². The van der Waals surface area contributed by atoms with Gasteiger partial charge in [-0.3, -0.25) is 0 Å². The summed E-state index contributed by atoms with van der Waals surface area (Å²) in [6.45, 7) is 0.589. The van der Waals surface area contributed by atoms with Crippen LogP contribution in [-0.4, -0.2) is 63.8 Å². The van der Waals surface area contributed by atoms with Crippen molar-refractivity contribution in [1.82, 2.24) is 40.4 Å². The zero-order chi connectivity index (χ0) is 12.8. The van der Waals surface area contributed by atoms with Crippen molar-refractivity contribution in [2.45, 2.75) is 23.4 Å². The first-order valence-corrected chi connectivity index (χ1v) is 7.08. The molecule has 0 radical (unpaired) electrons. The Morgan fingerprint density at radius 1 is 0.833 bits per heavy atom. The van der Waals surface area contributed by atoms with E-state index in [1.54, 1.807) is 0 Å². The van der Waals surface area contributed by atoms with Gasteiger partial charge in [0.15, 0.2) is 0 Å². The van der Waals surface area contributed by atoms with E-state index in [9.17, 15) is 0 Å². The maximum atomic E-state index is 8.83. The normalized spacial score (nSPS) is 11.0. The molecule has 2 rings (SSSR count). The Hall–Kier alpha value is -1.24. The maximum Gasteiger partial charge on any atom is 0.220 e. The first kappa shape index (κ1) is 13.2.